The summed E-state index contributed by atoms with van der Waals surface area (Å²) in [5, 5.41) is 5.94. The second kappa shape index (κ2) is 7.63. The third-order valence-electron chi connectivity index (χ3n) is 5.19. The van der Waals surface area contributed by atoms with Gasteiger partial charge in [-0.1, -0.05) is 0 Å². The molecular formula is C19H27N5O2. The zero-order valence-electron chi connectivity index (χ0n) is 15.4. The molecular weight excluding hydrogens is 330 g/mol. The number of fused-ring (bicyclic) bond motifs is 1. The third-order valence-corrected chi connectivity index (χ3v) is 5.19. The molecule has 4 rings (SSSR count). The van der Waals surface area contributed by atoms with Gasteiger partial charge in [0, 0.05) is 62.8 Å². The molecule has 7 nitrogen and oxygen atoms in total. The van der Waals surface area contributed by atoms with E-state index in [9.17, 15) is 4.79 Å². The molecule has 0 aliphatic carbocycles. The molecule has 2 aliphatic heterocycles. The van der Waals surface area contributed by atoms with Crippen LogP contribution in [0.25, 0.3) is 0 Å². The van der Waals surface area contributed by atoms with Gasteiger partial charge in [-0.25, -0.2) is 5.06 Å². The summed E-state index contributed by atoms with van der Waals surface area (Å²) in [5.41, 5.74) is 2.53. The summed E-state index contributed by atoms with van der Waals surface area (Å²) in [4.78, 5) is 20.4. The first kappa shape index (κ1) is 17.3. The first-order chi connectivity index (χ1) is 12.7. The van der Waals surface area contributed by atoms with Crippen LogP contribution in [0.15, 0.2) is 30.7 Å². The number of hydrogen-bond acceptors (Lipinski definition) is 4. The van der Waals surface area contributed by atoms with Gasteiger partial charge in [0.1, 0.15) is 0 Å². The molecule has 140 valence electrons. The van der Waals surface area contributed by atoms with Crippen LogP contribution in [0.1, 0.15) is 31.0 Å². The largest absolute Gasteiger partial charge is 0.350 e. The van der Waals surface area contributed by atoms with Crippen molar-refractivity contribution < 1.29 is 9.63 Å². The normalized spacial score (nSPS) is 21.0. The number of aryl methyl sites for hydroxylation is 1. The van der Waals surface area contributed by atoms with Crippen molar-refractivity contribution in [3.63, 3.8) is 0 Å². The quantitative estimate of drug-likeness (QED) is 0.820. The minimum absolute atomic E-state index is 0.113. The highest BCUT2D eigenvalue weighted by Gasteiger charge is 2.27. The van der Waals surface area contributed by atoms with Crippen LogP contribution in [0.3, 0.4) is 0 Å². The van der Waals surface area contributed by atoms with Gasteiger partial charge >= 0.3 is 0 Å². The third kappa shape index (κ3) is 3.83. The van der Waals surface area contributed by atoms with E-state index in [2.05, 4.69) is 46.0 Å². The van der Waals surface area contributed by atoms with E-state index in [1.807, 2.05) is 10.9 Å². The van der Waals surface area contributed by atoms with Crippen LogP contribution in [0.2, 0.25) is 0 Å². The zero-order chi connectivity index (χ0) is 17.9. The number of carbonyl (C=O) groups excluding carboxylic acids is 1. The average Bonchev–Trinajstić information content (AvgIpc) is 3.36. The van der Waals surface area contributed by atoms with E-state index in [-0.39, 0.29) is 11.8 Å². The molecule has 0 bridgehead atoms. The molecule has 1 unspecified atom stereocenters. The molecule has 2 aliphatic rings. The van der Waals surface area contributed by atoms with Crippen LogP contribution >= 0.6 is 0 Å². The maximum Gasteiger partial charge on any atom is 0.246 e. The molecule has 1 saturated heterocycles. The van der Waals surface area contributed by atoms with Crippen LogP contribution in [0.4, 0.5) is 0 Å². The van der Waals surface area contributed by atoms with E-state index < -0.39 is 0 Å². The van der Waals surface area contributed by atoms with Crippen LogP contribution in [-0.2, 0) is 35.8 Å². The monoisotopic (exact) mass is 357 g/mol. The summed E-state index contributed by atoms with van der Waals surface area (Å²) in [6.45, 7) is 7.90. The lowest BCUT2D eigenvalue weighted by molar-refractivity contribution is -0.170. The number of amides is 1. The standard InChI is InChI=1S/C19H27N5O2/c1-2-23-14-17(10-20-23)12-21-11-16(9-19(25)24-7-4-8-26-24)13-22-6-3-5-18(22)15-21/h3,5-6,10,14,16H,2,4,7-9,11-13,15H2,1H3. The molecule has 0 radical (unpaired) electrons. The fourth-order valence-electron chi connectivity index (χ4n) is 3.93. The Morgan fingerprint density at radius 1 is 1.38 bits per heavy atom. The second-order valence-corrected chi connectivity index (χ2v) is 7.28. The van der Waals surface area contributed by atoms with Crippen LogP contribution < -0.4 is 0 Å². The highest BCUT2D eigenvalue weighted by molar-refractivity contribution is 5.75. The smallest absolute Gasteiger partial charge is 0.246 e. The molecule has 0 spiro atoms. The average molecular weight is 357 g/mol. The van der Waals surface area contributed by atoms with Gasteiger partial charge in [0.2, 0.25) is 5.91 Å². The Kier molecular flexibility index (Phi) is 5.08. The van der Waals surface area contributed by atoms with Crippen molar-refractivity contribution in [1.29, 1.82) is 0 Å². The van der Waals surface area contributed by atoms with E-state index in [1.165, 1.54) is 11.3 Å². The topological polar surface area (TPSA) is 55.5 Å². The Morgan fingerprint density at radius 2 is 2.31 bits per heavy atom. The van der Waals surface area contributed by atoms with E-state index in [4.69, 9.17) is 4.84 Å². The van der Waals surface area contributed by atoms with Gasteiger partial charge in [0.25, 0.3) is 0 Å². The van der Waals surface area contributed by atoms with Crippen molar-refractivity contribution in [2.45, 2.75) is 45.9 Å². The van der Waals surface area contributed by atoms with Crippen LogP contribution in [-0.4, -0.2) is 49.9 Å². The Balaban J connectivity index is 1.46. The van der Waals surface area contributed by atoms with Crippen molar-refractivity contribution in [3.8, 4) is 0 Å². The lowest BCUT2D eigenvalue weighted by Crippen LogP contribution is -2.33. The number of rotatable bonds is 5. The maximum atomic E-state index is 12.5. The lowest BCUT2D eigenvalue weighted by atomic mass is 10.0. The van der Waals surface area contributed by atoms with Crippen molar-refractivity contribution in [2.75, 3.05) is 19.7 Å². The van der Waals surface area contributed by atoms with Gasteiger partial charge in [-0.05, 0) is 31.4 Å². The Labute approximate surface area is 154 Å². The summed E-state index contributed by atoms with van der Waals surface area (Å²) in [5.74, 6) is 0.392. The first-order valence-electron chi connectivity index (χ1n) is 9.52. The Hall–Kier alpha value is -2.12. The summed E-state index contributed by atoms with van der Waals surface area (Å²) in [7, 11) is 0. The summed E-state index contributed by atoms with van der Waals surface area (Å²) < 4.78 is 4.25. The van der Waals surface area contributed by atoms with Gasteiger partial charge in [-0.2, -0.15) is 5.10 Å². The number of aromatic nitrogens is 3. The van der Waals surface area contributed by atoms with E-state index >= 15 is 0 Å². The second-order valence-electron chi connectivity index (χ2n) is 7.28. The minimum atomic E-state index is 0.113. The van der Waals surface area contributed by atoms with Crippen LogP contribution in [0, 0.1) is 5.92 Å². The van der Waals surface area contributed by atoms with Gasteiger partial charge in [-0.15, -0.1) is 0 Å². The number of hydrogen-bond donors (Lipinski definition) is 0. The van der Waals surface area contributed by atoms with E-state index in [0.717, 1.165) is 45.7 Å². The van der Waals surface area contributed by atoms with Gasteiger partial charge in [-0.3, -0.25) is 19.2 Å². The van der Waals surface area contributed by atoms with E-state index in [0.29, 0.717) is 13.0 Å². The molecule has 1 amide bonds. The number of carbonyl (C=O) groups is 1. The number of nitrogens with zero attached hydrogens (tertiary/aromatic N) is 5. The maximum absolute atomic E-state index is 12.5. The molecule has 0 saturated carbocycles. The molecule has 1 fully saturated rings. The van der Waals surface area contributed by atoms with Crippen molar-refractivity contribution in [1.82, 2.24) is 24.3 Å². The van der Waals surface area contributed by atoms with Crippen molar-refractivity contribution >= 4 is 5.91 Å². The van der Waals surface area contributed by atoms with Crippen LogP contribution in [0.5, 0.6) is 0 Å². The molecule has 2 aromatic rings. The summed E-state index contributed by atoms with van der Waals surface area (Å²) in [6.07, 6.45) is 7.65. The minimum Gasteiger partial charge on any atom is -0.350 e. The molecule has 1 atom stereocenters. The SMILES string of the molecule is CCn1cc(CN2Cc3cccn3CC(CC(=O)N3CCCO3)C2)cn1. The summed E-state index contributed by atoms with van der Waals surface area (Å²) in [6, 6.07) is 4.27. The predicted octanol–water partition coefficient (Wildman–Crippen LogP) is 1.89. The lowest BCUT2D eigenvalue weighted by Gasteiger charge is -2.24. The van der Waals surface area contributed by atoms with Crippen molar-refractivity contribution in [2.24, 2.45) is 5.92 Å². The fraction of sp³-hybridized carbons (Fsp3) is 0.579. The molecule has 26 heavy (non-hydrogen) atoms. The Bertz CT molecular complexity index is 747. The summed E-state index contributed by atoms with van der Waals surface area (Å²) >= 11 is 0. The van der Waals surface area contributed by atoms with E-state index in [1.54, 1.807) is 5.06 Å². The molecule has 2 aromatic heterocycles. The molecule has 4 heterocycles. The first-order valence-corrected chi connectivity index (χ1v) is 9.52. The zero-order valence-corrected chi connectivity index (χ0v) is 15.4. The van der Waals surface area contributed by atoms with Gasteiger partial charge < -0.3 is 4.57 Å². The fourth-order valence-corrected chi connectivity index (χ4v) is 3.93. The van der Waals surface area contributed by atoms with Crippen molar-refractivity contribution in [3.05, 3.63) is 42.0 Å². The number of hydroxylamine groups is 2. The predicted molar refractivity (Wildman–Crippen MR) is 96.8 cm³/mol. The molecule has 0 aromatic carbocycles. The highest BCUT2D eigenvalue weighted by Crippen LogP contribution is 2.22. The molecule has 0 N–H and O–H groups in total. The highest BCUT2D eigenvalue weighted by atomic mass is 16.7. The molecule has 7 heteroatoms. The van der Waals surface area contributed by atoms with Gasteiger partial charge in [0.05, 0.1) is 19.3 Å². The Morgan fingerprint density at radius 3 is 3.08 bits per heavy atom. The van der Waals surface area contributed by atoms with Gasteiger partial charge in [0.15, 0.2) is 0 Å².